The molecule has 6 nitrogen and oxygen atoms in total. The molecule has 4 rings (SSSR count). The largest absolute Gasteiger partial charge is 0.308 e. The number of hydrogen-bond donors (Lipinski definition) is 0. The number of nitrogens with zero attached hydrogens (tertiary/aromatic N) is 3. The summed E-state index contributed by atoms with van der Waals surface area (Å²) < 4.78 is 27.1. The van der Waals surface area contributed by atoms with Crippen LogP contribution in [0.15, 0.2) is 54.6 Å². The van der Waals surface area contributed by atoms with Crippen LogP contribution in [0.4, 0.5) is 5.69 Å². The van der Waals surface area contributed by atoms with Crippen LogP contribution in [-0.4, -0.2) is 61.8 Å². The zero-order chi connectivity index (χ0) is 21.3. The van der Waals surface area contributed by atoms with Crippen molar-refractivity contribution in [1.29, 1.82) is 0 Å². The van der Waals surface area contributed by atoms with Crippen LogP contribution in [0, 0.1) is 0 Å². The van der Waals surface area contributed by atoms with Crippen LogP contribution >= 0.6 is 0 Å². The average Bonchev–Trinajstić information content (AvgIpc) is 3.09. The lowest BCUT2D eigenvalue weighted by molar-refractivity contribution is -0.124. The first kappa shape index (κ1) is 21.0. The van der Waals surface area contributed by atoms with E-state index in [1.54, 1.807) is 4.31 Å². The maximum absolute atomic E-state index is 13.3. The fourth-order valence-electron chi connectivity index (χ4n) is 4.50. The van der Waals surface area contributed by atoms with E-state index >= 15 is 0 Å². The van der Waals surface area contributed by atoms with Crippen LogP contribution in [0.25, 0.3) is 0 Å². The van der Waals surface area contributed by atoms with Gasteiger partial charge in [0.05, 0.1) is 11.8 Å². The lowest BCUT2D eigenvalue weighted by Crippen LogP contribution is -2.56. The Balaban J connectivity index is 1.39. The average molecular weight is 428 g/mol. The van der Waals surface area contributed by atoms with E-state index in [0.29, 0.717) is 26.2 Å². The summed E-state index contributed by atoms with van der Waals surface area (Å²) in [6, 6.07) is 17.2. The Hall–Kier alpha value is -2.22. The van der Waals surface area contributed by atoms with Crippen molar-refractivity contribution in [3.8, 4) is 0 Å². The van der Waals surface area contributed by atoms with E-state index in [9.17, 15) is 13.2 Å². The van der Waals surface area contributed by atoms with Gasteiger partial charge in [-0.25, -0.2) is 8.42 Å². The van der Waals surface area contributed by atoms with Crippen molar-refractivity contribution < 1.29 is 13.2 Å². The summed E-state index contributed by atoms with van der Waals surface area (Å²) >= 11 is 0. The maximum Gasteiger partial charge on any atom is 0.244 e. The van der Waals surface area contributed by atoms with E-state index in [1.807, 2.05) is 60.4 Å². The number of benzene rings is 2. The fourth-order valence-corrected chi connectivity index (χ4v) is 6.02. The molecule has 1 fully saturated rings. The number of anilines is 1. The van der Waals surface area contributed by atoms with Gasteiger partial charge in [0.25, 0.3) is 0 Å². The molecule has 0 aliphatic carbocycles. The molecule has 0 unspecified atom stereocenters. The Morgan fingerprint density at radius 3 is 2.33 bits per heavy atom. The summed E-state index contributed by atoms with van der Waals surface area (Å²) in [7, 11) is -3.36. The van der Waals surface area contributed by atoms with Gasteiger partial charge in [0.15, 0.2) is 0 Å². The summed E-state index contributed by atoms with van der Waals surface area (Å²) in [5.74, 6) is 0.109. The fraction of sp³-hybridized carbons (Fsp3) is 0.435. The third kappa shape index (κ3) is 4.15. The Morgan fingerprint density at radius 1 is 1.00 bits per heavy atom. The van der Waals surface area contributed by atoms with Crippen molar-refractivity contribution in [1.82, 2.24) is 9.21 Å². The van der Waals surface area contributed by atoms with Gasteiger partial charge in [-0.2, -0.15) is 4.31 Å². The van der Waals surface area contributed by atoms with Crippen LogP contribution in [0.5, 0.6) is 0 Å². The molecule has 160 valence electrons. The highest BCUT2D eigenvalue weighted by atomic mass is 32.2. The van der Waals surface area contributed by atoms with Crippen LogP contribution < -0.4 is 4.90 Å². The van der Waals surface area contributed by atoms with Gasteiger partial charge in [0.1, 0.15) is 0 Å². The highest BCUT2D eigenvalue weighted by molar-refractivity contribution is 7.88. The number of carbonyl (C=O) groups excluding carboxylic acids is 1. The normalized spacial score (nSPS) is 21.4. The van der Waals surface area contributed by atoms with Crippen molar-refractivity contribution in [3.63, 3.8) is 0 Å². The molecule has 0 spiro atoms. The summed E-state index contributed by atoms with van der Waals surface area (Å²) in [6.07, 6.45) is 0.875. The first-order valence-corrected chi connectivity index (χ1v) is 12.1. The van der Waals surface area contributed by atoms with Gasteiger partial charge in [-0.3, -0.25) is 9.69 Å². The number of para-hydroxylation sites is 1. The number of fused-ring (bicyclic) bond motifs is 1. The van der Waals surface area contributed by atoms with Crippen LogP contribution in [-0.2, 0) is 27.0 Å². The highest BCUT2D eigenvalue weighted by Gasteiger charge is 2.37. The molecule has 30 heavy (non-hydrogen) atoms. The number of carbonyl (C=O) groups is 1. The van der Waals surface area contributed by atoms with E-state index < -0.39 is 10.0 Å². The monoisotopic (exact) mass is 427 g/mol. The Bertz CT molecular complexity index is 1000. The predicted octanol–water partition coefficient (Wildman–Crippen LogP) is 2.50. The van der Waals surface area contributed by atoms with Crippen molar-refractivity contribution in [2.75, 3.05) is 31.1 Å². The first-order chi connectivity index (χ1) is 14.4. The second-order valence-electron chi connectivity index (χ2n) is 8.24. The molecule has 0 N–H and O–H groups in total. The molecule has 2 aliphatic rings. The second-order valence-corrected chi connectivity index (χ2v) is 10.2. The zero-order valence-corrected chi connectivity index (χ0v) is 18.4. The van der Waals surface area contributed by atoms with Crippen LogP contribution in [0.3, 0.4) is 0 Å². The summed E-state index contributed by atoms with van der Waals surface area (Å²) in [4.78, 5) is 17.3. The summed E-state index contributed by atoms with van der Waals surface area (Å²) in [5.41, 5.74) is 3.01. The van der Waals surface area contributed by atoms with E-state index in [-0.39, 0.29) is 23.7 Å². The summed E-state index contributed by atoms with van der Waals surface area (Å²) in [6.45, 7) is 5.97. The molecule has 0 bridgehead atoms. The quantitative estimate of drug-likeness (QED) is 0.736. The van der Waals surface area contributed by atoms with Gasteiger partial charge in [-0.1, -0.05) is 48.5 Å². The van der Waals surface area contributed by atoms with Crippen LogP contribution in [0.1, 0.15) is 25.0 Å². The highest BCUT2D eigenvalue weighted by Crippen LogP contribution is 2.32. The second kappa shape index (κ2) is 8.49. The molecular weight excluding hydrogens is 398 g/mol. The minimum absolute atomic E-state index is 0.0183. The topological polar surface area (TPSA) is 60.9 Å². The molecule has 0 radical (unpaired) electrons. The molecule has 2 heterocycles. The SMILES string of the molecule is C[C@H](C(=O)N1c2ccccc2C[C@@H]1C)N1CCN(S(=O)(=O)Cc2ccccc2)CC1. The number of rotatable bonds is 5. The van der Waals surface area contributed by atoms with Gasteiger partial charge in [0.2, 0.25) is 15.9 Å². The van der Waals surface area contributed by atoms with Gasteiger partial charge in [-0.05, 0) is 37.5 Å². The standard InChI is InChI=1S/C23H29N3O3S/c1-18-16-21-10-6-7-11-22(21)26(18)23(27)19(2)24-12-14-25(15-13-24)30(28,29)17-20-8-4-3-5-9-20/h3-11,18-19H,12-17H2,1-2H3/t18-,19+/m0/s1. The Morgan fingerprint density at radius 2 is 1.63 bits per heavy atom. The molecule has 2 aromatic rings. The Labute approximate surface area is 179 Å². The third-order valence-electron chi connectivity index (χ3n) is 6.21. The minimum Gasteiger partial charge on any atom is -0.308 e. The molecule has 2 atom stereocenters. The molecule has 2 aliphatic heterocycles. The van der Waals surface area contributed by atoms with E-state index in [4.69, 9.17) is 0 Å². The number of piperazine rings is 1. The lowest BCUT2D eigenvalue weighted by Gasteiger charge is -2.38. The molecular formula is C23H29N3O3S. The number of hydrogen-bond acceptors (Lipinski definition) is 4. The van der Waals surface area contributed by atoms with Crippen molar-refractivity contribution in [3.05, 3.63) is 65.7 Å². The van der Waals surface area contributed by atoms with E-state index in [2.05, 4.69) is 17.9 Å². The van der Waals surface area contributed by atoms with Crippen molar-refractivity contribution >= 4 is 21.6 Å². The van der Waals surface area contributed by atoms with Gasteiger partial charge in [0, 0.05) is 37.9 Å². The van der Waals surface area contributed by atoms with E-state index in [0.717, 1.165) is 17.7 Å². The molecule has 7 heteroatoms. The minimum atomic E-state index is -3.36. The lowest BCUT2D eigenvalue weighted by atomic mass is 10.1. The van der Waals surface area contributed by atoms with Crippen molar-refractivity contribution in [2.24, 2.45) is 0 Å². The van der Waals surface area contributed by atoms with Crippen LogP contribution in [0.2, 0.25) is 0 Å². The third-order valence-corrected chi connectivity index (χ3v) is 8.06. The molecule has 2 aromatic carbocycles. The number of amides is 1. The Kier molecular flexibility index (Phi) is 5.95. The zero-order valence-electron chi connectivity index (χ0n) is 17.6. The van der Waals surface area contributed by atoms with Gasteiger partial charge < -0.3 is 4.90 Å². The molecule has 1 amide bonds. The summed E-state index contributed by atoms with van der Waals surface area (Å²) in [5, 5.41) is 0. The van der Waals surface area contributed by atoms with Gasteiger partial charge in [-0.15, -0.1) is 0 Å². The molecule has 0 aromatic heterocycles. The number of sulfonamides is 1. The van der Waals surface area contributed by atoms with Gasteiger partial charge >= 0.3 is 0 Å². The maximum atomic E-state index is 13.3. The predicted molar refractivity (Wildman–Crippen MR) is 119 cm³/mol. The molecule has 1 saturated heterocycles. The first-order valence-electron chi connectivity index (χ1n) is 10.5. The smallest absolute Gasteiger partial charge is 0.244 e. The van der Waals surface area contributed by atoms with E-state index in [1.165, 1.54) is 5.56 Å². The molecule has 0 saturated carbocycles. The van der Waals surface area contributed by atoms with Crippen molar-refractivity contribution in [2.45, 2.75) is 38.1 Å².